The highest BCUT2D eigenvalue weighted by molar-refractivity contribution is 5.38. The molecule has 1 aliphatic rings. The molecule has 0 atom stereocenters. The number of carbonyl (C=O) groups excluding carboxylic acids is 1. The first kappa shape index (κ1) is 8.57. The molecule has 0 heterocycles. The quantitative estimate of drug-likeness (QED) is 0.585. The van der Waals surface area contributed by atoms with Gasteiger partial charge in [0.05, 0.1) is 0 Å². The SMILES string of the molecule is CC(C)(OC=O)C1CCCC1. The number of ether oxygens (including phenoxy) is 1. The van der Waals surface area contributed by atoms with Crippen molar-refractivity contribution in [2.24, 2.45) is 5.92 Å². The Bertz CT molecular complexity index is 134. The van der Waals surface area contributed by atoms with Gasteiger partial charge in [-0.2, -0.15) is 0 Å². The zero-order chi connectivity index (χ0) is 8.32. The zero-order valence-corrected chi connectivity index (χ0v) is 7.30. The summed E-state index contributed by atoms with van der Waals surface area (Å²) in [5.41, 5.74) is -0.238. The summed E-state index contributed by atoms with van der Waals surface area (Å²) < 4.78 is 5.03. The molecule has 0 N–H and O–H groups in total. The van der Waals surface area contributed by atoms with Gasteiger partial charge in [0.1, 0.15) is 5.60 Å². The Morgan fingerprint density at radius 2 is 1.91 bits per heavy atom. The van der Waals surface area contributed by atoms with Crippen LogP contribution in [0, 0.1) is 5.92 Å². The lowest BCUT2D eigenvalue weighted by Crippen LogP contribution is -2.32. The van der Waals surface area contributed by atoms with E-state index in [-0.39, 0.29) is 5.60 Å². The van der Waals surface area contributed by atoms with Crippen LogP contribution in [0.2, 0.25) is 0 Å². The van der Waals surface area contributed by atoms with E-state index < -0.39 is 0 Å². The third-order valence-electron chi connectivity index (χ3n) is 2.69. The van der Waals surface area contributed by atoms with Crippen molar-refractivity contribution in [3.63, 3.8) is 0 Å². The Balaban J connectivity index is 2.47. The Morgan fingerprint density at radius 3 is 2.36 bits per heavy atom. The third kappa shape index (κ3) is 1.95. The minimum atomic E-state index is -0.238. The summed E-state index contributed by atoms with van der Waals surface area (Å²) in [5.74, 6) is 0.577. The first-order chi connectivity index (χ1) is 5.17. The molecule has 1 aliphatic carbocycles. The zero-order valence-electron chi connectivity index (χ0n) is 7.30. The molecule has 1 rings (SSSR count). The van der Waals surface area contributed by atoms with Crippen LogP contribution < -0.4 is 0 Å². The summed E-state index contributed by atoms with van der Waals surface area (Å²) in [6.45, 7) is 4.56. The van der Waals surface area contributed by atoms with Gasteiger partial charge in [-0.3, -0.25) is 4.79 Å². The molecule has 0 saturated heterocycles. The molecule has 2 heteroatoms. The Kier molecular flexibility index (Phi) is 2.53. The molecule has 0 aromatic carbocycles. The lowest BCUT2D eigenvalue weighted by molar-refractivity contribution is -0.145. The van der Waals surface area contributed by atoms with Crippen molar-refractivity contribution in [3.05, 3.63) is 0 Å². The van der Waals surface area contributed by atoms with E-state index in [1.54, 1.807) is 0 Å². The fourth-order valence-electron chi connectivity index (χ4n) is 1.84. The van der Waals surface area contributed by atoms with Crippen LogP contribution in [0.4, 0.5) is 0 Å². The average molecular weight is 156 g/mol. The minimum absolute atomic E-state index is 0.238. The van der Waals surface area contributed by atoms with Gasteiger partial charge in [0.15, 0.2) is 0 Å². The van der Waals surface area contributed by atoms with Crippen LogP contribution >= 0.6 is 0 Å². The molecule has 0 aromatic heterocycles. The van der Waals surface area contributed by atoms with Gasteiger partial charge in [-0.25, -0.2) is 0 Å². The van der Waals surface area contributed by atoms with Crippen molar-refractivity contribution in [1.29, 1.82) is 0 Å². The Morgan fingerprint density at radius 1 is 1.36 bits per heavy atom. The summed E-state index contributed by atoms with van der Waals surface area (Å²) in [7, 11) is 0. The Hall–Kier alpha value is -0.530. The van der Waals surface area contributed by atoms with Crippen LogP contribution in [0.15, 0.2) is 0 Å². The van der Waals surface area contributed by atoms with Crippen LogP contribution in [0.25, 0.3) is 0 Å². The maximum absolute atomic E-state index is 10.2. The fourth-order valence-corrected chi connectivity index (χ4v) is 1.84. The van der Waals surface area contributed by atoms with Crippen molar-refractivity contribution < 1.29 is 9.53 Å². The first-order valence-electron chi connectivity index (χ1n) is 4.28. The first-order valence-corrected chi connectivity index (χ1v) is 4.28. The molecular weight excluding hydrogens is 140 g/mol. The van der Waals surface area contributed by atoms with E-state index in [2.05, 4.69) is 0 Å². The van der Waals surface area contributed by atoms with Crippen LogP contribution in [0.5, 0.6) is 0 Å². The molecule has 1 fully saturated rings. The number of rotatable bonds is 3. The molecule has 0 unspecified atom stereocenters. The van der Waals surface area contributed by atoms with Gasteiger partial charge in [0.25, 0.3) is 6.47 Å². The highest BCUT2D eigenvalue weighted by Gasteiger charge is 2.32. The van der Waals surface area contributed by atoms with E-state index in [4.69, 9.17) is 4.74 Å². The predicted molar refractivity (Wildman–Crippen MR) is 43.2 cm³/mol. The normalized spacial score (nSPS) is 20.2. The van der Waals surface area contributed by atoms with Crippen molar-refractivity contribution in [1.82, 2.24) is 0 Å². The second kappa shape index (κ2) is 3.24. The third-order valence-corrected chi connectivity index (χ3v) is 2.69. The summed E-state index contributed by atoms with van der Waals surface area (Å²) in [6, 6.07) is 0. The van der Waals surface area contributed by atoms with Crippen molar-refractivity contribution >= 4 is 6.47 Å². The number of hydrogen-bond donors (Lipinski definition) is 0. The lowest BCUT2D eigenvalue weighted by Gasteiger charge is -2.29. The average Bonchev–Trinajstić information content (AvgIpc) is 2.37. The van der Waals surface area contributed by atoms with Gasteiger partial charge < -0.3 is 4.74 Å². The Labute approximate surface area is 67.9 Å². The van der Waals surface area contributed by atoms with Crippen LogP contribution in [0.3, 0.4) is 0 Å². The molecule has 0 aromatic rings. The molecule has 1 saturated carbocycles. The predicted octanol–water partition coefficient (Wildman–Crippen LogP) is 2.13. The van der Waals surface area contributed by atoms with Crippen LogP contribution in [-0.2, 0) is 9.53 Å². The highest BCUT2D eigenvalue weighted by Crippen LogP contribution is 2.35. The molecular formula is C9H16O2. The van der Waals surface area contributed by atoms with Gasteiger partial charge in [-0.05, 0) is 32.6 Å². The molecule has 0 spiro atoms. The monoisotopic (exact) mass is 156 g/mol. The molecule has 11 heavy (non-hydrogen) atoms. The highest BCUT2D eigenvalue weighted by atomic mass is 16.5. The van der Waals surface area contributed by atoms with Gasteiger partial charge in [0.2, 0.25) is 0 Å². The van der Waals surface area contributed by atoms with Crippen molar-refractivity contribution in [2.45, 2.75) is 45.1 Å². The van der Waals surface area contributed by atoms with E-state index in [0.717, 1.165) is 0 Å². The number of carbonyl (C=O) groups is 1. The van der Waals surface area contributed by atoms with Crippen molar-refractivity contribution in [3.8, 4) is 0 Å². The molecule has 0 bridgehead atoms. The molecule has 0 radical (unpaired) electrons. The van der Waals surface area contributed by atoms with Gasteiger partial charge in [0, 0.05) is 0 Å². The summed E-state index contributed by atoms with van der Waals surface area (Å²) in [6.07, 6.45) is 4.99. The molecule has 64 valence electrons. The maximum atomic E-state index is 10.2. The van der Waals surface area contributed by atoms with E-state index in [0.29, 0.717) is 12.4 Å². The van der Waals surface area contributed by atoms with E-state index >= 15 is 0 Å². The van der Waals surface area contributed by atoms with E-state index in [1.165, 1.54) is 25.7 Å². The number of hydrogen-bond acceptors (Lipinski definition) is 2. The van der Waals surface area contributed by atoms with Crippen LogP contribution in [-0.4, -0.2) is 12.1 Å². The largest absolute Gasteiger partial charge is 0.462 e. The van der Waals surface area contributed by atoms with E-state index in [9.17, 15) is 4.79 Å². The molecule has 0 aliphatic heterocycles. The lowest BCUT2D eigenvalue weighted by atomic mass is 9.89. The maximum Gasteiger partial charge on any atom is 0.293 e. The summed E-state index contributed by atoms with van der Waals surface area (Å²) >= 11 is 0. The van der Waals surface area contributed by atoms with Gasteiger partial charge in [-0.1, -0.05) is 12.8 Å². The van der Waals surface area contributed by atoms with Crippen LogP contribution in [0.1, 0.15) is 39.5 Å². The fraction of sp³-hybridized carbons (Fsp3) is 0.889. The van der Waals surface area contributed by atoms with Gasteiger partial charge in [-0.15, -0.1) is 0 Å². The minimum Gasteiger partial charge on any atom is -0.462 e. The second-order valence-corrected chi connectivity index (χ2v) is 3.80. The van der Waals surface area contributed by atoms with E-state index in [1.807, 2.05) is 13.8 Å². The smallest absolute Gasteiger partial charge is 0.293 e. The second-order valence-electron chi connectivity index (χ2n) is 3.80. The standard InChI is InChI=1S/C9H16O2/c1-9(2,11-7-10)8-5-3-4-6-8/h7-8H,3-6H2,1-2H3. The van der Waals surface area contributed by atoms with Crippen molar-refractivity contribution in [2.75, 3.05) is 0 Å². The molecule has 0 amide bonds. The summed E-state index contributed by atoms with van der Waals surface area (Å²) in [4.78, 5) is 10.2. The molecule has 2 nitrogen and oxygen atoms in total. The topological polar surface area (TPSA) is 26.3 Å². The summed E-state index contributed by atoms with van der Waals surface area (Å²) in [5, 5.41) is 0. The van der Waals surface area contributed by atoms with Gasteiger partial charge >= 0.3 is 0 Å².